The lowest BCUT2D eigenvalue weighted by Crippen LogP contribution is -2.37. The third kappa shape index (κ3) is 2.52. The molecule has 3 heterocycles. The van der Waals surface area contributed by atoms with E-state index in [2.05, 4.69) is 9.97 Å². The van der Waals surface area contributed by atoms with Crippen LogP contribution in [0.1, 0.15) is 0 Å². The molecule has 0 radical (unpaired) electrons. The molecule has 3 aromatic heterocycles. The molecule has 3 aromatic rings. The lowest BCUT2D eigenvalue weighted by atomic mass is 10.4. The molecule has 8 nitrogen and oxygen atoms in total. The number of hydrogen-bond acceptors (Lipinski definition) is 5. The van der Waals surface area contributed by atoms with Gasteiger partial charge in [0.25, 0.3) is 5.56 Å². The molecule has 0 aliphatic carbocycles. The van der Waals surface area contributed by atoms with E-state index in [9.17, 15) is 9.59 Å². The number of aryl methyl sites for hydroxylation is 1. The summed E-state index contributed by atoms with van der Waals surface area (Å²) in [5.41, 5.74) is 0.127. The van der Waals surface area contributed by atoms with Crippen molar-refractivity contribution >= 4 is 17.0 Å². The van der Waals surface area contributed by atoms with E-state index in [1.165, 1.54) is 11.6 Å². The van der Waals surface area contributed by atoms with E-state index in [0.29, 0.717) is 24.3 Å². The standard InChI is InChI=1S/C15H18N6O2/c1-18(11-6-4-5-7-16-11)8-9-21-10-17-13-12(21)14(22)20(3)15(23)19(13)2/h4-7,10H,8-9H2,1-3H3. The van der Waals surface area contributed by atoms with Crippen LogP contribution in [-0.4, -0.2) is 37.3 Å². The predicted octanol–water partition coefficient (Wildman–Crippen LogP) is -0.0349. The van der Waals surface area contributed by atoms with E-state index in [4.69, 9.17) is 0 Å². The Bertz CT molecular complexity index is 954. The normalized spacial score (nSPS) is 11.1. The number of anilines is 1. The summed E-state index contributed by atoms with van der Waals surface area (Å²) in [6.45, 7) is 1.23. The highest BCUT2D eigenvalue weighted by atomic mass is 16.2. The van der Waals surface area contributed by atoms with Gasteiger partial charge in [0.05, 0.1) is 6.33 Å². The number of rotatable bonds is 4. The molecule has 0 saturated carbocycles. The van der Waals surface area contributed by atoms with Crippen molar-refractivity contribution in [2.75, 3.05) is 18.5 Å². The molecular formula is C15H18N6O2. The SMILES string of the molecule is CN(CCn1cnc2c1c(=O)n(C)c(=O)n2C)c1ccccn1. The van der Waals surface area contributed by atoms with Crippen molar-refractivity contribution in [3.05, 3.63) is 51.6 Å². The van der Waals surface area contributed by atoms with Crippen molar-refractivity contribution < 1.29 is 0 Å². The number of fused-ring (bicyclic) bond motifs is 1. The molecule has 0 bridgehead atoms. The monoisotopic (exact) mass is 314 g/mol. The highest BCUT2D eigenvalue weighted by Gasteiger charge is 2.14. The lowest BCUT2D eigenvalue weighted by Gasteiger charge is -2.18. The van der Waals surface area contributed by atoms with Gasteiger partial charge in [0.1, 0.15) is 5.82 Å². The zero-order valence-electron chi connectivity index (χ0n) is 13.3. The van der Waals surface area contributed by atoms with Crippen molar-refractivity contribution in [3.63, 3.8) is 0 Å². The molecule has 120 valence electrons. The highest BCUT2D eigenvalue weighted by Crippen LogP contribution is 2.09. The molecule has 0 saturated heterocycles. The first-order chi connectivity index (χ1) is 11.0. The molecule has 23 heavy (non-hydrogen) atoms. The maximum absolute atomic E-state index is 12.4. The highest BCUT2D eigenvalue weighted by molar-refractivity contribution is 5.69. The molecule has 0 N–H and O–H groups in total. The minimum absolute atomic E-state index is 0.332. The second-order valence-corrected chi connectivity index (χ2v) is 5.43. The third-order valence-electron chi connectivity index (χ3n) is 3.93. The van der Waals surface area contributed by atoms with E-state index < -0.39 is 0 Å². The zero-order valence-corrected chi connectivity index (χ0v) is 13.3. The molecule has 0 atom stereocenters. The molecule has 0 aliphatic rings. The Morgan fingerprint density at radius 3 is 2.61 bits per heavy atom. The maximum atomic E-state index is 12.4. The summed E-state index contributed by atoms with van der Waals surface area (Å²) < 4.78 is 4.26. The van der Waals surface area contributed by atoms with Gasteiger partial charge in [-0.1, -0.05) is 6.07 Å². The Morgan fingerprint density at radius 2 is 1.91 bits per heavy atom. The molecule has 0 aromatic carbocycles. The van der Waals surface area contributed by atoms with Crippen molar-refractivity contribution in [2.24, 2.45) is 14.1 Å². The van der Waals surface area contributed by atoms with Gasteiger partial charge < -0.3 is 9.47 Å². The van der Waals surface area contributed by atoms with Crippen LogP contribution in [0.5, 0.6) is 0 Å². The number of likely N-dealkylation sites (N-methyl/N-ethyl adjacent to an activating group) is 1. The summed E-state index contributed by atoms with van der Waals surface area (Å²) in [6, 6.07) is 5.72. The largest absolute Gasteiger partial charge is 0.358 e. The van der Waals surface area contributed by atoms with Gasteiger partial charge in [-0.3, -0.25) is 13.9 Å². The number of hydrogen-bond donors (Lipinski definition) is 0. The van der Waals surface area contributed by atoms with Crippen molar-refractivity contribution in [1.29, 1.82) is 0 Å². The van der Waals surface area contributed by atoms with Gasteiger partial charge in [-0.25, -0.2) is 14.8 Å². The summed E-state index contributed by atoms with van der Waals surface area (Å²) in [5.74, 6) is 0.859. The first-order valence-corrected chi connectivity index (χ1v) is 7.23. The molecule has 0 amide bonds. The van der Waals surface area contributed by atoms with Gasteiger partial charge in [0.2, 0.25) is 0 Å². The molecular weight excluding hydrogens is 296 g/mol. The predicted molar refractivity (Wildman–Crippen MR) is 87.7 cm³/mol. The lowest BCUT2D eigenvalue weighted by molar-refractivity contribution is 0.677. The Balaban J connectivity index is 1.93. The molecule has 0 spiro atoms. The average molecular weight is 314 g/mol. The van der Waals surface area contributed by atoms with Crippen LogP contribution in [0.2, 0.25) is 0 Å². The Hall–Kier alpha value is -2.90. The Kier molecular flexibility index (Phi) is 3.73. The van der Waals surface area contributed by atoms with Gasteiger partial charge in [-0.05, 0) is 12.1 Å². The van der Waals surface area contributed by atoms with E-state index in [1.807, 2.05) is 30.1 Å². The first kappa shape index (κ1) is 15.0. The van der Waals surface area contributed by atoms with E-state index in [-0.39, 0.29) is 11.2 Å². The summed E-state index contributed by atoms with van der Waals surface area (Å²) in [5, 5.41) is 0. The van der Waals surface area contributed by atoms with Crippen LogP contribution >= 0.6 is 0 Å². The summed E-state index contributed by atoms with van der Waals surface area (Å²) in [6.07, 6.45) is 3.34. The quantitative estimate of drug-likeness (QED) is 0.675. The van der Waals surface area contributed by atoms with Gasteiger partial charge in [0, 0.05) is 40.4 Å². The first-order valence-electron chi connectivity index (χ1n) is 7.23. The number of imidazole rings is 1. The second-order valence-electron chi connectivity index (χ2n) is 5.43. The average Bonchev–Trinajstić information content (AvgIpc) is 3.00. The fourth-order valence-corrected chi connectivity index (χ4v) is 2.52. The summed E-state index contributed by atoms with van der Waals surface area (Å²) in [4.78, 5) is 34.8. The second kappa shape index (κ2) is 5.71. The smallest absolute Gasteiger partial charge is 0.332 e. The Labute approximate surface area is 132 Å². The van der Waals surface area contributed by atoms with Crippen molar-refractivity contribution in [3.8, 4) is 0 Å². The van der Waals surface area contributed by atoms with E-state index in [0.717, 1.165) is 10.4 Å². The fraction of sp³-hybridized carbons (Fsp3) is 0.333. The molecule has 0 aliphatic heterocycles. The number of pyridine rings is 1. The minimum atomic E-state index is -0.377. The van der Waals surface area contributed by atoms with Crippen LogP contribution in [0.15, 0.2) is 40.3 Å². The minimum Gasteiger partial charge on any atom is -0.358 e. The molecule has 8 heteroatoms. The molecule has 0 fully saturated rings. The number of nitrogens with zero attached hydrogens (tertiary/aromatic N) is 6. The van der Waals surface area contributed by atoms with Crippen LogP contribution < -0.4 is 16.1 Å². The van der Waals surface area contributed by atoms with Crippen LogP contribution in [0.25, 0.3) is 11.2 Å². The van der Waals surface area contributed by atoms with E-state index >= 15 is 0 Å². The van der Waals surface area contributed by atoms with Gasteiger partial charge in [-0.2, -0.15) is 0 Å². The third-order valence-corrected chi connectivity index (χ3v) is 3.93. The topological polar surface area (TPSA) is 78.0 Å². The molecule has 0 unspecified atom stereocenters. The molecule has 3 rings (SSSR count). The van der Waals surface area contributed by atoms with Crippen LogP contribution in [0.4, 0.5) is 5.82 Å². The van der Waals surface area contributed by atoms with Crippen molar-refractivity contribution in [2.45, 2.75) is 6.54 Å². The van der Waals surface area contributed by atoms with Gasteiger partial charge >= 0.3 is 5.69 Å². The van der Waals surface area contributed by atoms with Gasteiger partial charge in [0.15, 0.2) is 11.2 Å². The summed E-state index contributed by atoms with van der Waals surface area (Å²) in [7, 11) is 5.03. The van der Waals surface area contributed by atoms with Crippen molar-refractivity contribution in [1.82, 2.24) is 23.7 Å². The Morgan fingerprint density at radius 1 is 1.13 bits per heavy atom. The zero-order chi connectivity index (χ0) is 16.6. The number of aromatic nitrogens is 5. The van der Waals surface area contributed by atoms with Crippen LogP contribution in [-0.2, 0) is 20.6 Å². The van der Waals surface area contributed by atoms with Gasteiger partial charge in [-0.15, -0.1) is 0 Å². The van der Waals surface area contributed by atoms with Crippen LogP contribution in [0, 0.1) is 0 Å². The van der Waals surface area contributed by atoms with Crippen LogP contribution in [0.3, 0.4) is 0 Å². The van der Waals surface area contributed by atoms with E-state index in [1.54, 1.807) is 24.1 Å². The fourth-order valence-electron chi connectivity index (χ4n) is 2.52. The maximum Gasteiger partial charge on any atom is 0.332 e. The summed E-state index contributed by atoms with van der Waals surface area (Å²) >= 11 is 0.